The number of alkyl halides is 3. The second kappa shape index (κ2) is 7.40. The fourth-order valence-electron chi connectivity index (χ4n) is 4.25. The number of rotatable bonds is 3. The van der Waals surface area contributed by atoms with Crippen molar-refractivity contribution in [3.63, 3.8) is 0 Å². The lowest BCUT2D eigenvalue weighted by Crippen LogP contribution is -2.63. The van der Waals surface area contributed by atoms with E-state index >= 15 is 0 Å². The summed E-state index contributed by atoms with van der Waals surface area (Å²) >= 11 is 0. The van der Waals surface area contributed by atoms with E-state index in [-0.39, 0.29) is 5.69 Å². The van der Waals surface area contributed by atoms with Gasteiger partial charge in [0.2, 0.25) is 11.4 Å². The number of carbonyl (C=O) groups excluding carboxylic acids is 2. The lowest BCUT2D eigenvalue weighted by molar-refractivity contribution is -0.201. The third-order valence-corrected chi connectivity index (χ3v) is 5.78. The molecule has 1 aromatic carbocycles. The summed E-state index contributed by atoms with van der Waals surface area (Å²) in [7, 11) is 0. The number of hydrogen-bond acceptors (Lipinski definition) is 4. The van der Waals surface area contributed by atoms with Crippen LogP contribution < -0.4 is 21.9 Å². The average molecular weight is 436 g/mol. The number of para-hydroxylation sites is 1. The van der Waals surface area contributed by atoms with Crippen LogP contribution in [0.5, 0.6) is 0 Å². The molecule has 4 rings (SSSR count). The van der Waals surface area contributed by atoms with Gasteiger partial charge < -0.3 is 10.6 Å². The van der Waals surface area contributed by atoms with Gasteiger partial charge in [0.25, 0.3) is 11.5 Å². The molecule has 0 saturated heterocycles. The molecule has 0 bridgehead atoms. The topological polar surface area (TPSA) is 113 Å². The fourth-order valence-corrected chi connectivity index (χ4v) is 4.25. The average Bonchev–Trinajstić information content (AvgIpc) is 3.02. The van der Waals surface area contributed by atoms with Gasteiger partial charge in [-0.15, -0.1) is 0 Å². The van der Waals surface area contributed by atoms with Crippen LogP contribution in [0.3, 0.4) is 0 Å². The van der Waals surface area contributed by atoms with Crippen LogP contribution in [0.25, 0.3) is 5.69 Å². The molecule has 2 amide bonds. The number of carbonyl (C=O) groups is 2. The van der Waals surface area contributed by atoms with E-state index in [9.17, 15) is 32.3 Å². The first-order valence-corrected chi connectivity index (χ1v) is 9.82. The normalized spacial score (nSPS) is 21.5. The summed E-state index contributed by atoms with van der Waals surface area (Å²) in [6, 6.07) is 7.57. The number of fused-ring (bicyclic) bond motifs is 1. The van der Waals surface area contributed by atoms with Crippen LogP contribution in [0.4, 0.5) is 19.0 Å². The van der Waals surface area contributed by atoms with Crippen molar-refractivity contribution in [3.05, 3.63) is 56.7 Å². The maximum absolute atomic E-state index is 14.4. The highest BCUT2D eigenvalue weighted by Gasteiger charge is 2.68. The van der Waals surface area contributed by atoms with E-state index in [0.29, 0.717) is 25.7 Å². The number of aromatic nitrogens is 2. The molecule has 8 nitrogen and oxygen atoms in total. The van der Waals surface area contributed by atoms with Gasteiger partial charge in [-0.25, -0.2) is 9.36 Å². The Balaban J connectivity index is 1.92. The first-order chi connectivity index (χ1) is 14.7. The van der Waals surface area contributed by atoms with E-state index in [2.05, 4.69) is 0 Å². The first kappa shape index (κ1) is 20.9. The number of benzene rings is 1. The Morgan fingerprint density at radius 1 is 1.06 bits per heavy atom. The number of H-pyrrole nitrogens is 1. The third kappa shape index (κ3) is 3.24. The monoisotopic (exact) mass is 436 g/mol. The Morgan fingerprint density at radius 3 is 2.32 bits per heavy atom. The van der Waals surface area contributed by atoms with Gasteiger partial charge in [-0.1, -0.05) is 37.5 Å². The molecule has 0 unspecified atom stereocenters. The molecule has 3 N–H and O–H groups in total. The van der Waals surface area contributed by atoms with E-state index < -0.39 is 52.1 Å². The van der Waals surface area contributed by atoms with Crippen LogP contribution in [0.1, 0.15) is 37.7 Å². The van der Waals surface area contributed by atoms with Crippen LogP contribution in [0.2, 0.25) is 0 Å². The summed E-state index contributed by atoms with van der Waals surface area (Å²) in [5.41, 5.74) is -6.94. The van der Waals surface area contributed by atoms with Crippen molar-refractivity contribution >= 4 is 17.6 Å². The minimum Gasteiger partial charge on any atom is -0.330 e. The number of anilines is 1. The van der Waals surface area contributed by atoms with Gasteiger partial charge in [-0.3, -0.25) is 19.4 Å². The largest absolute Gasteiger partial charge is 0.425 e. The predicted molar refractivity (Wildman–Crippen MR) is 104 cm³/mol. The molecule has 2 aliphatic rings. The number of halogens is 3. The molecular formula is C20H19F3N4O4. The Hall–Kier alpha value is -3.37. The van der Waals surface area contributed by atoms with Gasteiger partial charge in [0.05, 0.1) is 5.69 Å². The SMILES string of the molecule is O=C(N[C@@]1(C(F)(F)F)C(=O)Nc2c1c(=O)[nH]c(=O)n2-c1ccccc1)C1CCCCC1. The molecule has 0 spiro atoms. The summed E-state index contributed by atoms with van der Waals surface area (Å²) in [5, 5.41) is 3.86. The molecule has 1 fully saturated rings. The van der Waals surface area contributed by atoms with Crippen molar-refractivity contribution in [3.8, 4) is 5.69 Å². The minimum atomic E-state index is -5.33. The van der Waals surface area contributed by atoms with Crippen molar-refractivity contribution in [2.75, 3.05) is 5.32 Å². The quantitative estimate of drug-likeness (QED) is 0.682. The lowest BCUT2D eigenvalue weighted by atomic mass is 9.86. The molecule has 1 atom stereocenters. The summed E-state index contributed by atoms with van der Waals surface area (Å²) in [6.45, 7) is 0. The Morgan fingerprint density at radius 2 is 1.71 bits per heavy atom. The minimum absolute atomic E-state index is 0.136. The molecule has 1 aromatic heterocycles. The van der Waals surface area contributed by atoms with Gasteiger partial charge in [-0.05, 0) is 25.0 Å². The second-order valence-electron chi connectivity index (χ2n) is 7.68. The van der Waals surface area contributed by atoms with E-state index in [1.165, 1.54) is 24.3 Å². The van der Waals surface area contributed by atoms with E-state index in [1.54, 1.807) is 6.07 Å². The summed E-state index contributed by atoms with van der Waals surface area (Å²) in [4.78, 5) is 52.3. The summed E-state index contributed by atoms with van der Waals surface area (Å²) in [6.07, 6.45) is -2.29. The van der Waals surface area contributed by atoms with Gasteiger partial charge in [0, 0.05) is 5.92 Å². The van der Waals surface area contributed by atoms with Gasteiger partial charge >= 0.3 is 11.9 Å². The second-order valence-corrected chi connectivity index (χ2v) is 7.68. The first-order valence-electron chi connectivity index (χ1n) is 9.82. The molecule has 11 heteroatoms. The zero-order chi connectivity index (χ0) is 22.4. The Kier molecular flexibility index (Phi) is 4.98. The maximum atomic E-state index is 14.4. The predicted octanol–water partition coefficient (Wildman–Crippen LogP) is 1.93. The van der Waals surface area contributed by atoms with Crippen molar-refractivity contribution in [1.29, 1.82) is 0 Å². The standard InChI is InChI=1S/C20H19F3N4O4/c21-20(22,23)19(26-15(28)11-7-3-1-4-8-11)13-14(24-17(19)30)27(18(31)25-16(13)29)12-9-5-2-6-10-12/h2,5-6,9-11H,1,3-4,7-8H2,(H,24,30)(H,26,28)(H,25,29,31)/t19-/m1/s1. The zero-order valence-corrected chi connectivity index (χ0v) is 16.2. The molecule has 2 aromatic rings. The maximum Gasteiger partial charge on any atom is 0.425 e. The highest BCUT2D eigenvalue weighted by molar-refractivity contribution is 6.08. The molecular weight excluding hydrogens is 417 g/mol. The molecule has 164 valence electrons. The van der Waals surface area contributed by atoms with Gasteiger partial charge in [0.15, 0.2) is 0 Å². The van der Waals surface area contributed by atoms with Crippen molar-refractivity contribution < 1.29 is 22.8 Å². The van der Waals surface area contributed by atoms with Crippen molar-refractivity contribution in [2.24, 2.45) is 5.92 Å². The van der Waals surface area contributed by atoms with Crippen LogP contribution in [-0.2, 0) is 15.1 Å². The van der Waals surface area contributed by atoms with E-state index in [0.717, 1.165) is 11.0 Å². The molecule has 1 aliphatic heterocycles. The summed E-state index contributed by atoms with van der Waals surface area (Å²) < 4.78 is 43.9. The lowest BCUT2D eigenvalue weighted by Gasteiger charge is -2.32. The van der Waals surface area contributed by atoms with E-state index in [1.807, 2.05) is 15.6 Å². The third-order valence-electron chi connectivity index (χ3n) is 5.78. The number of amides is 2. The van der Waals surface area contributed by atoms with Crippen molar-refractivity contribution in [1.82, 2.24) is 14.9 Å². The number of aromatic amines is 1. The smallest absolute Gasteiger partial charge is 0.330 e. The number of hydrogen-bond donors (Lipinski definition) is 3. The van der Waals surface area contributed by atoms with Crippen LogP contribution in [-0.4, -0.2) is 27.5 Å². The Bertz CT molecular complexity index is 1150. The number of nitrogens with zero attached hydrogens (tertiary/aromatic N) is 1. The molecule has 1 saturated carbocycles. The molecule has 0 radical (unpaired) electrons. The van der Waals surface area contributed by atoms with E-state index in [4.69, 9.17) is 0 Å². The molecule has 1 aliphatic carbocycles. The van der Waals surface area contributed by atoms with Gasteiger partial charge in [0.1, 0.15) is 11.4 Å². The zero-order valence-electron chi connectivity index (χ0n) is 16.2. The Labute approximate surface area is 173 Å². The summed E-state index contributed by atoms with van der Waals surface area (Å²) in [5.74, 6) is -3.90. The highest BCUT2D eigenvalue weighted by Crippen LogP contribution is 2.45. The highest BCUT2D eigenvalue weighted by atomic mass is 19.4. The molecule has 31 heavy (non-hydrogen) atoms. The van der Waals surface area contributed by atoms with Crippen LogP contribution in [0.15, 0.2) is 39.9 Å². The van der Waals surface area contributed by atoms with Gasteiger partial charge in [-0.2, -0.15) is 13.2 Å². The van der Waals surface area contributed by atoms with Crippen molar-refractivity contribution in [2.45, 2.75) is 43.8 Å². The fraction of sp³-hybridized carbons (Fsp3) is 0.400. The number of nitrogens with one attached hydrogen (secondary N) is 3. The van der Waals surface area contributed by atoms with Crippen LogP contribution >= 0.6 is 0 Å². The molecule has 2 heterocycles. The van der Waals surface area contributed by atoms with Crippen LogP contribution in [0, 0.1) is 5.92 Å².